The lowest BCUT2D eigenvalue weighted by atomic mass is 10.0. The van der Waals surface area contributed by atoms with E-state index in [1.807, 2.05) is 37.4 Å². The number of nitrogens with zero attached hydrogens (tertiary/aromatic N) is 3. The highest BCUT2D eigenvalue weighted by atomic mass is 35.5. The molecule has 0 bridgehead atoms. The molecule has 1 unspecified atom stereocenters. The lowest BCUT2D eigenvalue weighted by molar-refractivity contribution is -0.117. The van der Waals surface area contributed by atoms with Gasteiger partial charge in [-0.2, -0.15) is 0 Å². The van der Waals surface area contributed by atoms with Crippen LogP contribution in [0.4, 0.5) is 10.2 Å². The van der Waals surface area contributed by atoms with Gasteiger partial charge in [-0.05, 0) is 31.5 Å². The number of anilines is 1. The van der Waals surface area contributed by atoms with Crippen molar-refractivity contribution < 1.29 is 14.0 Å². The maximum Gasteiger partial charge on any atom is 0.257 e. The molecule has 152 valence electrons. The minimum Gasteiger partial charge on any atom is -0.329 e. The van der Waals surface area contributed by atoms with Gasteiger partial charge in [-0.15, -0.1) is 0 Å². The number of benzene rings is 1. The topological polar surface area (TPSA) is 65.5 Å². The first kappa shape index (κ1) is 19.8. The van der Waals surface area contributed by atoms with Crippen LogP contribution in [-0.2, 0) is 4.79 Å². The van der Waals surface area contributed by atoms with Crippen LogP contribution < -0.4 is 5.32 Å². The van der Waals surface area contributed by atoms with Crippen molar-refractivity contribution in [3.8, 4) is 0 Å². The standard InChI is InChI=1S/C21H22ClFN4O2/c1-26-9-10-27(17(12-26)13-5-3-2-4-6-13)21(29)15-11-16(23)19(24-18(15)22)25-20(28)14-7-8-14/h2-6,11,14,17H,7-10,12H2,1H3,(H,24,25,28). The molecular formula is C21H22ClFN4O2. The summed E-state index contributed by atoms with van der Waals surface area (Å²) in [5.74, 6) is -1.73. The molecule has 1 aliphatic carbocycles. The van der Waals surface area contributed by atoms with Gasteiger partial charge in [-0.25, -0.2) is 9.37 Å². The van der Waals surface area contributed by atoms with Crippen molar-refractivity contribution >= 4 is 29.2 Å². The fraction of sp³-hybridized carbons (Fsp3) is 0.381. The molecule has 2 aliphatic rings. The predicted molar refractivity (Wildman–Crippen MR) is 108 cm³/mol. The number of halogens is 2. The molecule has 6 nitrogen and oxygen atoms in total. The molecule has 1 saturated heterocycles. The van der Waals surface area contributed by atoms with E-state index in [9.17, 15) is 14.0 Å². The Kier molecular flexibility index (Phi) is 5.52. The second-order valence-corrected chi connectivity index (χ2v) is 7.97. The van der Waals surface area contributed by atoms with Crippen molar-refractivity contribution in [1.82, 2.24) is 14.8 Å². The van der Waals surface area contributed by atoms with Crippen LogP contribution in [0.5, 0.6) is 0 Å². The lowest BCUT2D eigenvalue weighted by Gasteiger charge is -2.40. The second kappa shape index (κ2) is 8.08. The normalized spacial score (nSPS) is 19.8. The summed E-state index contributed by atoms with van der Waals surface area (Å²) in [5, 5.41) is 2.34. The van der Waals surface area contributed by atoms with Gasteiger partial charge in [0.1, 0.15) is 5.15 Å². The third kappa shape index (κ3) is 4.26. The molecule has 1 aromatic carbocycles. The van der Waals surface area contributed by atoms with E-state index in [4.69, 9.17) is 11.6 Å². The molecule has 1 aromatic heterocycles. The number of nitrogens with one attached hydrogen (secondary N) is 1. The average Bonchev–Trinajstić information content (AvgIpc) is 3.56. The summed E-state index contributed by atoms with van der Waals surface area (Å²) in [4.78, 5) is 32.9. The summed E-state index contributed by atoms with van der Waals surface area (Å²) in [6.45, 7) is 1.87. The van der Waals surface area contributed by atoms with Crippen LogP contribution in [0.3, 0.4) is 0 Å². The molecule has 29 heavy (non-hydrogen) atoms. The number of carbonyl (C=O) groups excluding carboxylic acids is 2. The van der Waals surface area contributed by atoms with E-state index in [0.717, 1.165) is 24.5 Å². The summed E-state index contributed by atoms with van der Waals surface area (Å²) in [6.07, 6.45) is 1.59. The zero-order valence-corrected chi connectivity index (χ0v) is 16.8. The Morgan fingerprint density at radius 2 is 1.93 bits per heavy atom. The van der Waals surface area contributed by atoms with E-state index in [-0.39, 0.29) is 40.3 Å². The number of hydrogen-bond donors (Lipinski definition) is 1. The highest BCUT2D eigenvalue weighted by Gasteiger charge is 2.33. The summed E-state index contributed by atoms with van der Waals surface area (Å²) in [7, 11) is 2.00. The fourth-order valence-corrected chi connectivity index (χ4v) is 3.77. The molecule has 2 amide bonds. The number of hydrogen-bond acceptors (Lipinski definition) is 4. The van der Waals surface area contributed by atoms with Gasteiger partial charge >= 0.3 is 0 Å². The van der Waals surface area contributed by atoms with Crippen LogP contribution in [0.1, 0.15) is 34.8 Å². The van der Waals surface area contributed by atoms with E-state index in [0.29, 0.717) is 19.6 Å². The first-order chi connectivity index (χ1) is 13.9. The SMILES string of the molecule is CN1CCN(C(=O)c2cc(F)c(NC(=O)C3CC3)nc2Cl)C(c2ccccc2)C1. The quantitative estimate of drug-likeness (QED) is 0.776. The van der Waals surface area contributed by atoms with Crippen molar-refractivity contribution in [3.05, 3.63) is 58.5 Å². The first-order valence-corrected chi connectivity index (χ1v) is 10.0. The minimum atomic E-state index is -0.767. The van der Waals surface area contributed by atoms with E-state index < -0.39 is 5.82 Å². The number of pyridine rings is 1. The van der Waals surface area contributed by atoms with Crippen LogP contribution in [0.15, 0.2) is 36.4 Å². The molecule has 2 heterocycles. The van der Waals surface area contributed by atoms with Crippen LogP contribution in [-0.4, -0.2) is 53.3 Å². The first-order valence-electron chi connectivity index (χ1n) is 9.65. The van der Waals surface area contributed by atoms with Gasteiger partial charge in [0.15, 0.2) is 11.6 Å². The van der Waals surface area contributed by atoms with E-state index >= 15 is 0 Å². The number of rotatable bonds is 4. The van der Waals surface area contributed by atoms with Gasteiger partial charge in [0, 0.05) is 25.6 Å². The smallest absolute Gasteiger partial charge is 0.257 e. The number of likely N-dealkylation sites (N-methyl/N-ethyl adjacent to an activating group) is 1. The molecule has 0 radical (unpaired) electrons. The molecule has 1 atom stereocenters. The Bertz CT molecular complexity index is 936. The summed E-state index contributed by atoms with van der Waals surface area (Å²) >= 11 is 6.23. The zero-order chi connectivity index (χ0) is 20.5. The van der Waals surface area contributed by atoms with Gasteiger partial charge in [-0.1, -0.05) is 41.9 Å². The number of carbonyl (C=O) groups is 2. The van der Waals surface area contributed by atoms with E-state index in [1.54, 1.807) is 4.90 Å². The Hall–Kier alpha value is -2.51. The second-order valence-electron chi connectivity index (χ2n) is 7.61. The van der Waals surface area contributed by atoms with Gasteiger partial charge in [0.2, 0.25) is 5.91 Å². The van der Waals surface area contributed by atoms with Crippen molar-refractivity contribution in [2.75, 3.05) is 32.0 Å². The van der Waals surface area contributed by atoms with Crippen LogP contribution in [0.2, 0.25) is 5.15 Å². The van der Waals surface area contributed by atoms with Crippen molar-refractivity contribution in [3.63, 3.8) is 0 Å². The lowest BCUT2D eigenvalue weighted by Crippen LogP contribution is -2.49. The number of aromatic nitrogens is 1. The van der Waals surface area contributed by atoms with Gasteiger partial charge in [0.05, 0.1) is 11.6 Å². The van der Waals surface area contributed by atoms with Crippen molar-refractivity contribution in [1.29, 1.82) is 0 Å². The third-order valence-corrected chi connectivity index (χ3v) is 5.67. The molecule has 1 aliphatic heterocycles. The Labute approximate surface area is 173 Å². The molecule has 1 N–H and O–H groups in total. The maximum absolute atomic E-state index is 14.6. The largest absolute Gasteiger partial charge is 0.329 e. The summed E-state index contributed by atoms with van der Waals surface area (Å²) in [6, 6.07) is 10.6. The maximum atomic E-state index is 14.6. The van der Waals surface area contributed by atoms with Crippen molar-refractivity contribution in [2.45, 2.75) is 18.9 Å². The van der Waals surface area contributed by atoms with Gasteiger partial charge in [0.25, 0.3) is 5.91 Å². The number of amides is 2. The fourth-order valence-electron chi connectivity index (χ4n) is 3.55. The summed E-state index contributed by atoms with van der Waals surface area (Å²) < 4.78 is 14.6. The molecule has 4 rings (SSSR count). The molecule has 0 spiro atoms. The average molecular weight is 417 g/mol. The minimum absolute atomic E-state index is 0.000859. The monoisotopic (exact) mass is 416 g/mol. The van der Waals surface area contributed by atoms with Crippen LogP contribution in [0.25, 0.3) is 0 Å². The Morgan fingerprint density at radius 1 is 1.21 bits per heavy atom. The van der Waals surface area contributed by atoms with E-state index in [1.165, 1.54) is 0 Å². The van der Waals surface area contributed by atoms with Gasteiger partial charge < -0.3 is 15.1 Å². The van der Waals surface area contributed by atoms with E-state index in [2.05, 4.69) is 15.2 Å². The molecule has 8 heteroatoms. The molecular weight excluding hydrogens is 395 g/mol. The zero-order valence-electron chi connectivity index (χ0n) is 16.1. The number of piperazine rings is 1. The highest BCUT2D eigenvalue weighted by molar-refractivity contribution is 6.32. The van der Waals surface area contributed by atoms with Crippen molar-refractivity contribution in [2.24, 2.45) is 5.92 Å². The van der Waals surface area contributed by atoms with Gasteiger partial charge in [-0.3, -0.25) is 9.59 Å². The van der Waals surface area contributed by atoms with Crippen LogP contribution in [0, 0.1) is 11.7 Å². The highest BCUT2D eigenvalue weighted by Crippen LogP contribution is 2.32. The molecule has 2 aromatic rings. The Morgan fingerprint density at radius 3 is 2.62 bits per heavy atom. The molecule has 1 saturated carbocycles. The van der Waals surface area contributed by atoms with Crippen LogP contribution >= 0.6 is 11.6 Å². The molecule has 2 fully saturated rings. The Balaban J connectivity index is 1.60. The summed E-state index contributed by atoms with van der Waals surface area (Å²) in [5.41, 5.74) is 1.00. The third-order valence-electron chi connectivity index (χ3n) is 5.38. The predicted octanol–water partition coefficient (Wildman–Crippen LogP) is 3.35.